The molecule has 0 saturated carbocycles. The number of hydrogen-bond acceptors (Lipinski definition) is 4. The van der Waals surface area contributed by atoms with Gasteiger partial charge in [-0.15, -0.1) is 0 Å². The molecule has 0 radical (unpaired) electrons. The van der Waals surface area contributed by atoms with Gasteiger partial charge in [0.15, 0.2) is 0 Å². The van der Waals surface area contributed by atoms with Gasteiger partial charge in [-0.05, 0) is 31.4 Å². The molecule has 3 heterocycles. The summed E-state index contributed by atoms with van der Waals surface area (Å²) < 4.78 is 38.2. The van der Waals surface area contributed by atoms with Gasteiger partial charge in [-0.25, -0.2) is 9.97 Å². The molecule has 24 heavy (non-hydrogen) atoms. The maximum absolute atomic E-state index is 12.7. The zero-order chi connectivity index (χ0) is 17.3. The van der Waals surface area contributed by atoms with E-state index in [1.807, 2.05) is 11.8 Å². The van der Waals surface area contributed by atoms with Crippen LogP contribution >= 0.6 is 0 Å². The summed E-state index contributed by atoms with van der Waals surface area (Å²) in [4.78, 5) is 12.5. The van der Waals surface area contributed by atoms with Gasteiger partial charge in [0.2, 0.25) is 0 Å². The van der Waals surface area contributed by atoms with E-state index in [0.29, 0.717) is 30.3 Å². The maximum Gasteiger partial charge on any atom is 0.432 e. The van der Waals surface area contributed by atoms with Gasteiger partial charge in [0.1, 0.15) is 23.4 Å². The Balaban J connectivity index is 1.84. The van der Waals surface area contributed by atoms with Crippen molar-refractivity contribution in [3.05, 3.63) is 41.1 Å². The summed E-state index contributed by atoms with van der Waals surface area (Å²) in [6.45, 7) is 3.04. The number of aryl methyl sites for hydroxylation is 1. The number of nitrogens with one attached hydrogen (secondary N) is 1. The highest BCUT2D eigenvalue weighted by atomic mass is 19.4. The molecule has 1 N–H and O–H groups in total. The first-order valence-electron chi connectivity index (χ1n) is 7.63. The van der Waals surface area contributed by atoms with E-state index >= 15 is 0 Å². The van der Waals surface area contributed by atoms with E-state index in [1.165, 1.54) is 0 Å². The van der Waals surface area contributed by atoms with Crippen molar-refractivity contribution in [2.45, 2.75) is 31.9 Å². The summed E-state index contributed by atoms with van der Waals surface area (Å²) in [7, 11) is 0. The highest BCUT2D eigenvalue weighted by Crippen LogP contribution is 2.32. The highest BCUT2D eigenvalue weighted by Gasteiger charge is 2.34. The van der Waals surface area contributed by atoms with E-state index in [1.54, 1.807) is 12.3 Å². The summed E-state index contributed by atoms with van der Waals surface area (Å²) in [5, 5.41) is 9.35. The van der Waals surface area contributed by atoms with E-state index in [-0.39, 0.29) is 5.92 Å². The quantitative estimate of drug-likeness (QED) is 0.913. The molecule has 126 valence electrons. The number of pyridine rings is 1. The number of aromatic nitrogens is 3. The van der Waals surface area contributed by atoms with Gasteiger partial charge < -0.3 is 9.88 Å². The summed E-state index contributed by atoms with van der Waals surface area (Å²) in [6.07, 6.45) is -0.405. The summed E-state index contributed by atoms with van der Waals surface area (Å²) in [6, 6.07) is 3.93. The number of anilines is 1. The molecule has 0 unspecified atom stereocenters. The molecule has 8 heteroatoms. The fourth-order valence-electron chi connectivity index (χ4n) is 3.00. The van der Waals surface area contributed by atoms with Crippen LogP contribution < -0.4 is 4.90 Å². The Morgan fingerprint density at radius 3 is 2.83 bits per heavy atom. The van der Waals surface area contributed by atoms with Crippen molar-refractivity contribution in [3.63, 3.8) is 0 Å². The molecule has 0 amide bonds. The first kappa shape index (κ1) is 16.3. The third-order valence-electron chi connectivity index (χ3n) is 4.26. The monoisotopic (exact) mass is 335 g/mol. The maximum atomic E-state index is 12.7. The number of nitrogens with zero attached hydrogens (tertiary/aromatic N) is 4. The zero-order valence-corrected chi connectivity index (χ0v) is 13.1. The van der Waals surface area contributed by atoms with Crippen LogP contribution in [0.25, 0.3) is 0 Å². The summed E-state index contributed by atoms with van der Waals surface area (Å²) in [5.41, 5.74) is 0.511. The minimum atomic E-state index is -4.42. The highest BCUT2D eigenvalue weighted by molar-refractivity contribution is 5.57. The average Bonchev–Trinajstić information content (AvgIpc) is 3.05. The first-order valence-corrected chi connectivity index (χ1v) is 7.63. The Kier molecular flexibility index (Phi) is 4.18. The van der Waals surface area contributed by atoms with Gasteiger partial charge >= 0.3 is 6.18 Å². The molecule has 5 nitrogen and oxygen atoms in total. The Labute approximate surface area is 137 Å². The second-order valence-electron chi connectivity index (χ2n) is 5.90. The van der Waals surface area contributed by atoms with Crippen molar-refractivity contribution in [2.75, 3.05) is 18.0 Å². The Hall–Kier alpha value is -2.56. The molecule has 0 aromatic carbocycles. The number of H-pyrrole nitrogens is 1. The Bertz CT molecular complexity index is 775. The minimum absolute atomic E-state index is 0.149. The first-order chi connectivity index (χ1) is 11.4. The SMILES string of the molecule is Cc1ccnc(N2CCC[C@@H](c3ncc(C(F)(F)F)[nH]3)C2)c1C#N. The lowest BCUT2D eigenvalue weighted by molar-refractivity contribution is -0.141. The van der Waals surface area contributed by atoms with Crippen molar-refractivity contribution >= 4 is 5.82 Å². The summed E-state index contributed by atoms with van der Waals surface area (Å²) >= 11 is 0. The van der Waals surface area contributed by atoms with Crippen LogP contribution in [0.5, 0.6) is 0 Å². The molecule has 1 aliphatic rings. The standard InChI is InChI=1S/C16H16F3N5/c1-10-4-5-21-15(12(10)7-20)24-6-2-3-11(9-24)14-22-8-13(23-14)16(17,18)19/h4-5,8,11H,2-3,6,9H2,1H3,(H,22,23)/t11-/m1/s1. The molecule has 3 rings (SSSR count). The predicted molar refractivity (Wildman–Crippen MR) is 81.5 cm³/mol. The topological polar surface area (TPSA) is 68.6 Å². The molecule has 0 bridgehead atoms. The number of imidazole rings is 1. The number of piperidine rings is 1. The molecular weight excluding hydrogens is 319 g/mol. The molecule has 2 aromatic rings. The van der Waals surface area contributed by atoms with Crippen LogP contribution in [0, 0.1) is 18.3 Å². The van der Waals surface area contributed by atoms with Crippen LogP contribution in [0.2, 0.25) is 0 Å². The Morgan fingerprint density at radius 1 is 1.38 bits per heavy atom. The largest absolute Gasteiger partial charge is 0.432 e. The normalized spacial score (nSPS) is 18.5. The van der Waals surface area contributed by atoms with Gasteiger partial charge in [0, 0.05) is 25.2 Å². The number of halogens is 3. The molecular formula is C16H16F3N5. The predicted octanol–water partition coefficient (Wildman–Crippen LogP) is 3.39. The van der Waals surface area contributed by atoms with E-state index in [0.717, 1.165) is 24.6 Å². The van der Waals surface area contributed by atoms with Gasteiger partial charge in [-0.1, -0.05) is 0 Å². The third-order valence-corrected chi connectivity index (χ3v) is 4.26. The van der Waals surface area contributed by atoms with E-state index < -0.39 is 11.9 Å². The fourth-order valence-corrected chi connectivity index (χ4v) is 3.00. The summed E-state index contributed by atoms with van der Waals surface area (Å²) in [5.74, 6) is 0.770. The van der Waals surface area contributed by atoms with Crippen molar-refractivity contribution < 1.29 is 13.2 Å². The number of alkyl halides is 3. The van der Waals surface area contributed by atoms with Crippen LogP contribution in [0.15, 0.2) is 18.5 Å². The van der Waals surface area contributed by atoms with E-state index in [2.05, 4.69) is 21.0 Å². The van der Waals surface area contributed by atoms with Gasteiger partial charge in [0.05, 0.1) is 11.8 Å². The molecule has 0 spiro atoms. The van der Waals surface area contributed by atoms with E-state index in [4.69, 9.17) is 0 Å². The lowest BCUT2D eigenvalue weighted by atomic mass is 9.96. The van der Waals surface area contributed by atoms with Crippen molar-refractivity contribution in [1.82, 2.24) is 15.0 Å². The molecule has 1 aliphatic heterocycles. The van der Waals surface area contributed by atoms with Crippen LogP contribution in [-0.4, -0.2) is 28.0 Å². The smallest absolute Gasteiger partial charge is 0.355 e. The zero-order valence-electron chi connectivity index (χ0n) is 13.1. The lowest BCUT2D eigenvalue weighted by Gasteiger charge is -2.33. The van der Waals surface area contributed by atoms with E-state index in [9.17, 15) is 18.4 Å². The van der Waals surface area contributed by atoms with Crippen LogP contribution in [0.1, 0.15) is 41.4 Å². The number of aromatic amines is 1. The molecule has 1 fully saturated rings. The van der Waals surface area contributed by atoms with Gasteiger partial charge in [0.25, 0.3) is 0 Å². The molecule has 0 aliphatic carbocycles. The average molecular weight is 335 g/mol. The van der Waals surface area contributed by atoms with Crippen LogP contribution in [0.4, 0.5) is 19.0 Å². The molecule has 2 aromatic heterocycles. The minimum Gasteiger partial charge on any atom is -0.355 e. The number of nitriles is 1. The van der Waals surface area contributed by atoms with Gasteiger partial charge in [-0.3, -0.25) is 0 Å². The van der Waals surface area contributed by atoms with Crippen LogP contribution in [-0.2, 0) is 6.18 Å². The van der Waals surface area contributed by atoms with Crippen molar-refractivity contribution in [3.8, 4) is 6.07 Å². The van der Waals surface area contributed by atoms with Crippen molar-refractivity contribution in [2.24, 2.45) is 0 Å². The number of hydrogen-bond donors (Lipinski definition) is 1. The number of rotatable bonds is 2. The van der Waals surface area contributed by atoms with Crippen molar-refractivity contribution in [1.29, 1.82) is 5.26 Å². The second-order valence-corrected chi connectivity index (χ2v) is 5.90. The fraction of sp³-hybridized carbons (Fsp3) is 0.438. The lowest BCUT2D eigenvalue weighted by Crippen LogP contribution is -2.36. The second kappa shape index (κ2) is 6.15. The molecule has 1 saturated heterocycles. The third kappa shape index (κ3) is 3.07. The Morgan fingerprint density at radius 2 is 2.17 bits per heavy atom. The van der Waals surface area contributed by atoms with Gasteiger partial charge in [-0.2, -0.15) is 18.4 Å². The molecule has 1 atom stereocenters. The van der Waals surface area contributed by atoms with Crippen LogP contribution in [0.3, 0.4) is 0 Å².